The molecule has 2 aromatic rings. The molecule has 0 saturated carbocycles. The number of hydrogen-bond donors (Lipinski definition) is 0. The van der Waals surface area contributed by atoms with Gasteiger partial charge in [-0.15, -0.1) is 0 Å². The van der Waals surface area contributed by atoms with Gasteiger partial charge in [0.15, 0.2) is 6.61 Å². The molecule has 0 aliphatic carbocycles. The number of carbonyl (C=O) groups excluding carboxylic acids is 2. The first-order chi connectivity index (χ1) is 12.4. The van der Waals surface area contributed by atoms with Gasteiger partial charge in [0.1, 0.15) is 11.3 Å². The number of rotatable bonds is 4. The summed E-state index contributed by atoms with van der Waals surface area (Å²) in [5.74, 6) is 0.421. The first-order valence-corrected chi connectivity index (χ1v) is 8.67. The summed E-state index contributed by atoms with van der Waals surface area (Å²) in [4.78, 5) is 39.1. The summed E-state index contributed by atoms with van der Waals surface area (Å²) in [5.41, 5.74) is -0.0113. The van der Waals surface area contributed by atoms with Crippen LogP contribution in [0.4, 0.5) is 0 Å². The van der Waals surface area contributed by atoms with E-state index in [9.17, 15) is 14.4 Å². The van der Waals surface area contributed by atoms with E-state index >= 15 is 0 Å². The molecule has 0 radical (unpaired) electrons. The van der Waals surface area contributed by atoms with Gasteiger partial charge in [-0.2, -0.15) is 0 Å². The molecule has 0 bridgehead atoms. The summed E-state index contributed by atoms with van der Waals surface area (Å²) in [7, 11) is 0. The first-order valence-electron chi connectivity index (χ1n) is 8.67. The van der Waals surface area contributed by atoms with Gasteiger partial charge in [0.05, 0.1) is 0 Å². The monoisotopic (exact) mass is 358 g/mol. The van der Waals surface area contributed by atoms with Crippen LogP contribution in [0.25, 0.3) is 11.0 Å². The highest BCUT2D eigenvalue weighted by atomic mass is 16.5. The number of ether oxygens (including phenoxy) is 1. The van der Waals surface area contributed by atoms with E-state index in [0.717, 1.165) is 5.39 Å². The topological polar surface area (TPSA) is 80.1 Å². The Morgan fingerprint density at radius 3 is 2.42 bits per heavy atom. The second-order valence-corrected chi connectivity index (χ2v) is 6.60. The van der Waals surface area contributed by atoms with Crippen molar-refractivity contribution in [1.29, 1.82) is 0 Å². The van der Waals surface area contributed by atoms with Crippen LogP contribution in [-0.4, -0.2) is 54.4 Å². The molecule has 1 aliphatic rings. The maximum atomic E-state index is 12.3. The molecule has 0 spiro atoms. The summed E-state index contributed by atoms with van der Waals surface area (Å²) >= 11 is 0. The van der Waals surface area contributed by atoms with E-state index in [1.165, 1.54) is 6.07 Å². The van der Waals surface area contributed by atoms with Gasteiger partial charge < -0.3 is 19.0 Å². The van der Waals surface area contributed by atoms with Crippen molar-refractivity contribution in [3.63, 3.8) is 0 Å². The molecule has 7 nitrogen and oxygen atoms in total. The number of fused-ring (bicyclic) bond motifs is 1. The SMILES string of the molecule is CC(C)C(=O)N1CCN(C(=O)COc2ccc3ccc(=O)oc3c2)CC1. The van der Waals surface area contributed by atoms with Crippen molar-refractivity contribution in [2.75, 3.05) is 32.8 Å². The van der Waals surface area contributed by atoms with Crippen LogP contribution < -0.4 is 10.4 Å². The maximum Gasteiger partial charge on any atom is 0.336 e. The molecule has 3 rings (SSSR count). The lowest BCUT2D eigenvalue weighted by Gasteiger charge is -2.35. The van der Waals surface area contributed by atoms with Crippen molar-refractivity contribution >= 4 is 22.8 Å². The lowest BCUT2D eigenvalue weighted by Crippen LogP contribution is -2.52. The van der Waals surface area contributed by atoms with Crippen LogP contribution in [0.5, 0.6) is 5.75 Å². The van der Waals surface area contributed by atoms with Crippen molar-refractivity contribution in [2.24, 2.45) is 5.92 Å². The number of benzene rings is 1. The molecule has 0 atom stereocenters. The fraction of sp³-hybridized carbons (Fsp3) is 0.421. The second kappa shape index (κ2) is 7.59. The van der Waals surface area contributed by atoms with Gasteiger partial charge in [-0.1, -0.05) is 13.8 Å². The predicted octanol–water partition coefficient (Wildman–Crippen LogP) is 1.50. The van der Waals surface area contributed by atoms with Crippen LogP contribution in [0.3, 0.4) is 0 Å². The third-order valence-electron chi connectivity index (χ3n) is 4.39. The molecule has 0 unspecified atom stereocenters. The summed E-state index contributed by atoms with van der Waals surface area (Å²) in [5, 5.41) is 0.786. The molecule has 2 amide bonds. The summed E-state index contributed by atoms with van der Waals surface area (Å²) in [6, 6.07) is 8.14. The molecule has 1 aliphatic heterocycles. The molecule has 138 valence electrons. The highest BCUT2D eigenvalue weighted by molar-refractivity contribution is 5.81. The van der Waals surface area contributed by atoms with E-state index in [-0.39, 0.29) is 24.3 Å². The lowest BCUT2D eigenvalue weighted by molar-refractivity contribution is -0.142. The fourth-order valence-corrected chi connectivity index (χ4v) is 2.91. The lowest BCUT2D eigenvalue weighted by atomic mass is 10.1. The molecular weight excluding hydrogens is 336 g/mol. The average Bonchev–Trinajstić information content (AvgIpc) is 2.65. The Labute approximate surface area is 151 Å². The smallest absolute Gasteiger partial charge is 0.336 e. The number of hydrogen-bond acceptors (Lipinski definition) is 5. The van der Waals surface area contributed by atoms with Crippen molar-refractivity contribution in [2.45, 2.75) is 13.8 Å². The van der Waals surface area contributed by atoms with Gasteiger partial charge in [0.25, 0.3) is 5.91 Å². The van der Waals surface area contributed by atoms with Crippen molar-refractivity contribution in [3.8, 4) is 5.75 Å². The quantitative estimate of drug-likeness (QED) is 0.774. The molecule has 1 aromatic carbocycles. The van der Waals surface area contributed by atoms with E-state index in [1.54, 1.807) is 34.1 Å². The van der Waals surface area contributed by atoms with Crippen LogP contribution in [0, 0.1) is 5.92 Å². The average molecular weight is 358 g/mol. The second-order valence-electron chi connectivity index (χ2n) is 6.60. The van der Waals surface area contributed by atoms with Crippen LogP contribution in [0.2, 0.25) is 0 Å². The zero-order valence-electron chi connectivity index (χ0n) is 14.9. The molecular formula is C19H22N2O5. The molecule has 0 N–H and O–H groups in total. The fourth-order valence-electron chi connectivity index (χ4n) is 2.91. The Bertz CT molecular complexity index is 866. The standard InChI is InChI=1S/C19H22N2O5/c1-13(2)19(24)21-9-7-20(8-10-21)17(22)12-25-15-5-3-14-4-6-18(23)26-16(14)11-15/h3-6,11,13H,7-10,12H2,1-2H3. The van der Waals surface area contributed by atoms with Crippen LogP contribution in [-0.2, 0) is 9.59 Å². The number of amides is 2. The highest BCUT2D eigenvalue weighted by Crippen LogP contribution is 2.19. The van der Waals surface area contributed by atoms with E-state index in [0.29, 0.717) is 37.5 Å². The minimum absolute atomic E-state index is 0.0338. The molecule has 1 fully saturated rings. The number of carbonyl (C=O) groups is 2. The van der Waals surface area contributed by atoms with E-state index < -0.39 is 5.63 Å². The van der Waals surface area contributed by atoms with Crippen molar-refractivity contribution in [1.82, 2.24) is 9.80 Å². The summed E-state index contributed by atoms with van der Waals surface area (Å²) < 4.78 is 10.7. The van der Waals surface area contributed by atoms with Gasteiger partial charge in [-0.3, -0.25) is 9.59 Å². The number of nitrogens with zero attached hydrogens (tertiary/aromatic N) is 2. The van der Waals surface area contributed by atoms with Crippen LogP contribution >= 0.6 is 0 Å². The largest absolute Gasteiger partial charge is 0.484 e. The third-order valence-corrected chi connectivity index (χ3v) is 4.39. The van der Waals surface area contributed by atoms with Gasteiger partial charge in [0.2, 0.25) is 5.91 Å². The maximum absolute atomic E-state index is 12.3. The van der Waals surface area contributed by atoms with Crippen LogP contribution in [0.15, 0.2) is 39.5 Å². The van der Waals surface area contributed by atoms with E-state index in [1.807, 2.05) is 13.8 Å². The Morgan fingerprint density at radius 2 is 1.73 bits per heavy atom. The van der Waals surface area contributed by atoms with Crippen LogP contribution in [0.1, 0.15) is 13.8 Å². The Hall–Kier alpha value is -2.83. The zero-order chi connectivity index (χ0) is 18.7. The Kier molecular flexibility index (Phi) is 5.25. The molecule has 1 aromatic heterocycles. The Balaban J connectivity index is 1.55. The molecule has 26 heavy (non-hydrogen) atoms. The summed E-state index contributed by atoms with van der Waals surface area (Å²) in [6.07, 6.45) is 0. The van der Waals surface area contributed by atoms with Gasteiger partial charge in [0, 0.05) is 49.6 Å². The minimum Gasteiger partial charge on any atom is -0.484 e. The van der Waals surface area contributed by atoms with Crippen molar-refractivity contribution < 1.29 is 18.7 Å². The van der Waals surface area contributed by atoms with Gasteiger partial charge in [-0.25, -0.2) is 4.79 Å². The number of piperazine rings is 1. The molecule has 2 heterocycles. The minimum atomic E-state index is -0.431. The zero-order valence-corrected chi connectivity index (χ0v) is 14.9. The first kappa shape index (κ1) is 18.0. The third kappa shape index (κ3) is 4.04. The molecule has 7 heteroatoms. The van der Waals surface area contributed by atoms with Gasteiger partial charge >= 0.3 is 5.63 Å². The molecule has 1 saturated heterocycles. The van der Waals surface area contributed by atoms with E-state index in [2.05, 4.69) is 0 Å². The normalized spacial score (nSPS) is 14.7. The van der Waals surface area contributed by atoms with Gasteiger partial charge in [-0.05, 0) is 18.2 Å². The van der Waals surface area contributed by atoms with Crippen molar-refractivity contribution in [3.05, 3.63) is 40.8 Å². The predicted molar refractivity (Wildman–Crippen MR) is 96.0 cm³/mol. The van der Waals surface area contributed by atoms with E-state index in [4.69, 9.17) is 9.15 Å². The Morgan fingerprint density at radius 1 is 1.08 bits per heavy atom. The highest BCUT2D eigenvalue weighted by Gasteiger charge is 2.25. The summed E-state index contributed by atoms with van der Waals surface area (Å²) in [6.45, 7) is 5.76.